The van der Waals surface area contributed by atoms with Gasteiger partial charge in [-0.05, 0) is 51.0 Å². The molecule has 1 heterocycles. The summed E-state index contributed by atoms with van der Waals surface area (Å²) in [5, 5.41) is 3.36. The van der Waals surface area contributed by atoms with Crippen molar-refractivity contribution in [2.45, 2.75) is 69.0 Å². The van der Waals surface area contributed by atoms with E-state index in [2.05, 4.69) is 12.2 Å². The van der Waals surface area contributed by atoms with Crippen molar-refractivity contribution >= 4 is 15.9 Å². The summed E-state index contributed by atoms with van der Waals surface area (Å²) in [6.45, 7) is 5.54. The van der Waals surface area contributed by atoms with Crippen LogP contribution in [0, 0.1) is 0 Å². The third kappa shape index (κ3) is 4.20. The Hall–Kier alpha value is -1.44. The predicted molar refractivity (Wildman–Crippen MR) is 106 cm³/mol. The van der Waals surface area contributed by atoms with Crippen LogP contribution >= 0.6 is 0 Å². The first-order valence-electron chi connectivity index (χ1n) is 9.95. The second-order valence-corrected chi connectivity index (χ2v) is 9.82. The number of carbonyl (C=O) groups is 1. The fourth-order valence-electron chi connectivity index (χ4n) is 4.09. The van der Waals surface area contributed by atoms with E-state index in [1.54, 1.807) is 31.3 Å². The Kier molecular flexibility index (Phi) is 6.23. The Bertz CT molecular complexity index is 757. The first-order valence-corrected chi connectivity index (χ1v) is 11.4. The third-order valence-electron chi connectivity index (χ3n) is 6.16. The lowest BCUT2D eigenvalue weighted by molar-refractivity contribution is 0.0603. The topological polar surface area (TPSA) is 69.7 Å². The molecule has 2 atom stereocenters. The zero-order valence-electron chi connectivity index (χ0n) is 16.5. The summed E-state index contributed by atoms with van der Waals surface area (Å²) in [6, 6.07) is 6.84. The molecular formula is C20H31N3O3S. The van der Waals surface area contributed by atoms with Crippen LogP contribution in [0.15, 0.2) is 29.2 Å². The van der Waals surface area contributed by atoms with E-state index in [9.17, 15) is 13.2 Å². The normalized spacial score (nSPS) is 25.0. The largest absolute Gasteiger partial charge is 0.333 e. The Labute approximate surface area is 163 Å². The molecule has 2 unspecified atom stereocenters. The summed E-state index contributed by atoms with van der Waals surface area (Å²) < 4.78 is 27.4. The van der Waals surface area contributed by atoms with E-state index in [1.807, 2.05) is 11.8 Å². The highest BCUT2D eigenvalue weighted by Gasteiger charge is 2.31. The summed E-state index contributed by atoms with van der Waals surface area (Å²) >= 11 is 0. The molecule has 3 rings (SSSR count). The maximum atomic E-state index is 12.9. The van der Waals surface area contributed by atoms with E-state index in [1.165, 1.54) is 10.7 Å². The van der Waals surface area contributed by atoms with Gasteiger partial charge in [-0.2, -0.15) is 4.31 Å². The molecule has 150 valence electrons. The number of sulfonamides is 1. The van der Waals surface area contributed by atoms with Crippen LogP contribution in [-0.4, -0.2) is 61.8 Å². The van der Waals surface area contributed by atoms with E-state index in [0.29, 0.717) is 12.1 Å². The third-order valence-corrected chi connectivity index (χ3v) is 8.09. The first kappa shape index (κ1) is 20.3. The highest BCUT2D eigenvalue weighted by atomic mass is 32.2. The Morgan fingerprint density at radius 3 is 2.37 bits per heavy atom. The summed E-state index contributed by atoms with van der Waals surface area (Å²) in [4.78, 5) is 15.0. The van der Waals surface area contributed by atoms with Crippen molar-refractivity contribution in [3.05, 3.63) is 29.8 Å². The molecular weight excluding hydrogens is 362 g/mol. The minimum atomic E-state index is -3.53. The van der Waals surface area contributed by atoms with Crippen molar-refractivity contribution in [1.29, 1.82) is 0 Å². The van der Waals surface area contributed by atoms with E-state index < -0.39 is 10.0 Å². The molecule has 1 amide bonds. The fourth-order valence-corrected chi connectivity index (χ4v) is 5.50. The molecule has 2 aliphatic rings. The van der Waals surface area contributed by atoms with Gasteiger partial charge in [0.2, 0.25) is 10.0 Å². The smallest absolute Gasteiger partial charge is 0.254 e. The lowest BCUT2D eigenvalue weighted by atomic mass is 9.96. The van der Waals surface area contributed by atoms with E-state index in [0.717, 1.165) is 32.2 Å². The Morgan fingerprint density at radius 2 is 1.74 bits per heavy atom. The monoisotopic (exact) mass is 393 g/mol. The van der Waals surface area contributed by atoms with Gasteiger partial charge in [0.15, 0.2) is 0 Å². The van der Waals surface area contributed by atoms with Gasteiger partial charge in [0, 0.05) is 43.8 Å². The summed E-state index contributed by atoms with van der Waals surface area (Å²) in [6.07, 6.45) is 5.19. The fraction of sp³-hybridized carbons (Fsp3) is 0.650. The number of nitrogens with zero attached hydrogens (tertiary/aromatic N) is 2. The minimum absolute atomic E-state index is 0.0413. The van der Waals surface area contributed by atoms with E-state index >= 15 is 0 Å². The number of amides is 1. The van der Waals surface area contributed by atoms with Crippen molar-refractivity contribution in [2.24, 2.45) is 0 Å². The predicted octanol–water partition coefficient (Wildman–Crippen LogP) is 2.46. The minimum Gasteiger partial charge on any atom is -0.333 e. The van der Waals surface area contributed by atoms with Gasteiger partial charge in [-0.25, -0.2) is 8.42 Å². The number of nitrogens with one attached hydrogen (secondary N) is 1. The lowest BCUT2D eigenvalue weighted by Gasteiger charge is -2.38. The van der Waals surface area contributed by atoms with Crippen molar-refractivity contribution in [3.8, 4) is 0 Å². The van der Waals surface area contributed by atoms with Crippen LogP contribution in [0.2, 0.25) is 0 Å². The zero-order valence-corrected chi connectivity index (χ0v) is 17.3. The van der Waals surface area contributed by atoms with Gasteiger partial charge in [-0.1, -0.05) is 19.3 Å². The Balaban J connectivity index is 1.75. The van der Waals surface area contributed by atoms with Crippen LogP contribution in [0.25, 0.3) is 0 Å². The van der Waals surface area contributed by atoms with Crippen molar-refractivity contribution < 1.29 is 13.2 Å². The average Bonchev–Trinajstić information content (AvgIpc) is 2.69. The molecule has 1 N–H and O–H groups in total. The van der Waals surface area contributed by atoms with Gasteiger partial charge in [0.25, 0.3) is 5.91 Å². The SMILES string of the molecule is CC1NCCN(C(=O)c2ccc(S(=O)(=O)N(C)C3CCCCC3)cc2)C1C. The number of piperazine rings is 1. The van der Waals surface area contributed by atoms with Crippen LogP contribution < -0.4 is 5.32 Å². The van der Waals surface area contributed by atoms with Gasteiger partial charge in [0.1, 0.15) is 0 Å². The number of carbonyl (C=O) groups excluding carboxylic acids is 1. The lowest BCUT2D eigenvalue weighted by Crippen LogP contribution is -2.57. The number of hydrogen-bond acceptors (Lipinski definition) is 4. The molecule has 0 aromatic heterocycles. The molecule has 1 aliphatic carbocycles. The van der Waals surface area contributed by atoms with Gasteiger partial charge >= 0.3 is 0 Å². The zero-order chi connectivity index (χ0) is 19.6. The van der Waals surface area contributed by atoms with Crippen LogP contribution in [0.3, 0.4) is 0 Å². The molecule has 1 saturated carbocycles. The summed E-state index contributed by atoms with van der Waals surface area (Å²) in [5.41, 5.74) is 0.537. The quantitative estimate of drug-likeness (QED) is 0.853. The summed E-state index contributed by atoms with van der Waals surface area (Å²) in [7, 11) is -1.85. The van der Waals surface area contributed by atoms with Crippen LogP contribution in [0.4, 0.5) is 0 Å². The van der Waals surface area contributed by atoms with Crippen molar-refractivity contribution in [1.82, 2.24) is 14.5 Å². The number of benzene rings is 1. The molecule has 1 saturated heterocycles. The number of hydrogen-bond donors (Lipinski definition) is 1. The molecule has 2 fully saturated rings. The van der Waals surface area contributed by atoms with Gasteiger partial charge in [0.05, 0.1) is 4.90 Å². The maximum absolute atomic E-state index is 12.9. The average molecular weight is 394 g/mol. The highest BCUT2D eigenvalue weighted by molar-refractivity contribution is 7.89. The maximum Gasteiger partial charge on any atom is 0.254 e. The molecule has 1 aromatic rings. The molecule has 0 radical (unpaired) electrons. The Morgan fingerprint density at radius 1 is 1.11 bits per heavy atom. The molecule has 0 bridgehead atoms. The van der Waals surface area contributed by atoms with E-state index in [-0.39, 0.29) is 28.9 Å². The first-order chi connectivity index (χ1) is 12.8. The van der Waals surface area contributed by atoms with Crippen molar-refractivity contribution in [2.75, 3.05) is 20.1 Å². The van der Waals surface area contributed by atoms with Crippen LogP contribution in [0.5, 0.6) is 0 Å². The standard InChI is InChI=1S/C20H31N3O3S/c1-15-16(2)23(14-13-21-15)20(24)17-9-11-19(12-10-17)27(25,26)22(3)18-7-5-4-6-8-18/h9-12,15-16,18,21H,4-8,13-14H2,1-3H3. The molecule has 0 spiro atoms. The summed E-state index contributed by atoms with van der Waals surface area (Å²) in [5.74, 6) is -0.0413. The van der Waals surface area contributed by atoms with Crippen LogP contribution in [0.1, 0.15) is 56.3 Å². The van der Waals surface area contributed by atoms with Gasteiger partial charge in [-0.15, -0.1) is 0 Å². The van der Waals surface area contributed by atoms with Crippen molar-refractivity contribution in [3.63, 3.8) is 0 Å². The molecule has 27 heavy (non-hydrogen) atoms. The van der Waals surface area contributed by atoms with Gasteiger partial charge in [-0.3, -0.25) is 4.79 Å². The molecule has 1 aliphatic heterocycles. The van der Waals surface area contributed by atoms with Crippen LogP contribution in [-0.2, 0) is 10.0 Å². The highest BCUT2D eigenvalue weighted by Crippen LogP contribution is 2.26. The second kappa shape index (κ2) is 8.29. The van der Waals surface area contributed by atoms with E-state index in [4.69, 9.17) is 0 Å². The van der Waals surface area contributed by atoms with Gasteiger partial charge < -0.3 is 10.2 Å². The molecule has 6 nitrogen and oxygen atoms in total. The number of rotatable bonds is 4. The molecule has 7 heteroatoms. The second-order valence-electron chi connectivity index (χ2n) is 7.82. The molecule has 1 aromatic carbocycles.